The second kappa shape index (κ2) is 6.97. The standard InChI is InChI=1S/C16H18N2O3/c1-12(13-6-3-2-4-7-13)17-11-16(19)14-8-5-9-15(10-14)18(20)21/h2-10,12,16-17,19H,11H2,1H3/t12-,16-/m1/s1. The minimum Gasteiger partial charge on any atom is -0.387 e. The number of rotatable bonds is 6. The zero-order valence-electron chi connectivity index (χ0n) is 11.8. The SMILES string of the molecule is C[C@@H](NC[C@@H](O)c1cccc([N+](=O)[O-])c1)c1ccccc1. The van der Waals surface area contributed by atoms with Gasteiger partial charge >= 0.3 is 0 Å². The van der Waals surface area contributed by atoms with Gasteiger partial charge in [-0.1, -0.05) is 42.5 Å². The van der Waals surface area contributed by atoms with Crippen molar-refractivity contribution >= 4 is 5.69 Å². The summed E-state index contributed by atoms with van der Waals surface area (Å²) < 4.78 is 0. The molecule has 2 atom stereocenters. The molecule has 2 rings (SSSR count). The highest BCUT2D eigenvalue weighted by atomic mass is 16.6. The lowest BCUT2D eigenvalue weighted by Gasteiger charge is -2.17. The Balaban J connectivity index is 1.97. The second-order valence-corrected chi connectivity index (χ2v) is 4.91. The predicted octanol–water partition coefficient (Wildman–Crippen LogP) is 2.98. The molecule has 0 aliphatic heterocycles. The summed E-state index contributed by atoms with van der Waals surface area (Å²) in [7, 11) is 0. The monoisotopic (exact) mass is 286 g/mol. The van der Waals surface area contributed by atoms with Gasteiger partial charge in [-0.3, -0.25) is 10.1 Å². The number of hydrogen-bond acceptors (Lipinski definition) is 4. The fourth-order valence-electron chi connectivity index (χ4n) is 2.11. The first-order chi connectivity index (χ1) is 10.1. The van der Waals surface area contributed by atoms with Crippen molar-refractivity contribution in [1.29, 1.82) is 0 Å². The molecule has 0 heterocycles. The summed E-state index contributed by atoms with van der Waals surface area (Å²) >= 11 is 0. The third-order valence-corrected chi connectivity index (χ3v) is 3.38. The lowest BCUT2D eigenvalue weighted by atomic mass is 10.1. The lowest BCUT2D eigenvalue weighted by Crippen LogP contribution is -2.24. The number of non-ortho nitro benzene ring substituents is 1. The van der Waals surface area contributed by atoms with Crippen LogP contribution in [0.3, 0.4) is 0 Å². The highest BCUT2D eigenvalue weighted by molar-refractivity contribution is 5.35. The summed E-state index contributed by atoms with van der Waals surface area (Å²) in [6.45, 7) is 2.34. The smallest absolute Gasteiger partial charge is 0.269 e. The molecule has 0 aliphatic rings. The summed E-state index contributed by atoms with van der Waals surface area (Å²) in [6, 6.07) is 16.1. The van der Waals surface area contributed by atoms with Crippen LogP contribution in [-0.2, 0) is 0 Å². The van der Waals surface area contributed by atoms with Crippen molar-refractivity contribution in [2.24, 2.45) is 0 Å². The molecule has 0 unspecified atom stereocenters. The molecule has 0 bridgehead atoms. The molecule has 21 heavy (non-hydrogen) atoms. The van der Waals surface area contributed by atoms with Gasteiger partial charge < -0.3 is 10.4 Å². The number of aliphatic hydroxyl groups excluding tert-OH is 1. The van der Waals surface area contributed by atoms with Crippen LogP contribution in [0.2, 0.25) is 0 Å². The van der Waals surface area contributed by atoms with Crippen molar-refractivity contribution in [3.05, 3.63) is 75.8 Å². The Morgan fingerprint density at radius 1 is 1.14 bits per heavy atom. The molecule has 0 aliphatic carbocycles. The summed E-state index contributed by atoms with van der Waals surface area (Å²) in [6.07, 6.45) is -0.781. The highest BCUT2D eigenvalue weighted by Crippen LogP contribution is 2.20. The van der Waals surface area contributed by atoms with Crippen LogP contribution in [0, 0.1) is 10.1 Å². The van der Waals surface area contributed by atoms with Gasteiger partial charge in [-0.25, -0.2) is 0 Å². The molecule has 0 spiro atoms. The number of nitro benzene ring substituents is 1. The Morgan fingerprint density at radius 2 is 1.81 bits per heavy atom. The molecule has 2 aromatic rings. The van der Waals surface area contributed by atoms with E-state index in [1.165, 1.54) is 12.1 Å². The van der Waals surface area contributed by atoms with Gasteiger partial charge in [0.25, 0.3) is 5.69 Å². The van der Waals surface area contributed by atoms with Crippen LogP contribution in [0.1, 0.15) is 30.2 Å². The maximum Gasteiger partial charge on any atom is 0.269 e. The van der Waals surface area contributed by atoms with Gasteiger partial charge in [0.05, 0.1) is 11.0 Å². The van der Waals surface area contributed by atoms with Gasteiger partial charge in [0.1, 0.15) is 0 Å². The molecule has 0 saturated heterocycles. The molecule has 5 nitrogen and oxygen atoms in total. The van der Waals surface area contributed by atoms with Crippen LogP contribution in [0.25, 0.3) is 0 Å². The molecule has 0 aromatic heterocycles. The van der Waals surface area contributed by atoms with Crippen molar-refractivity contribution in [3.63, 3.8) is 0 Å². The quantitative estimate of drug-likeness (QED) is 0.632. The molecule has 2 N–H and O–H groups in total. The highest BCUT2D eigenvalue weighted by Gasteiger charge is 2.13. The fraction of sp³-hybridized carbons (Fsp3) is 0.250. The van der Waals surface area contributed by atoms with Gasteiger partial charge in [-0.2, -0.15) is 0 Å². The maximum absolute atomic E-state index is 10.7. The van der Waals surface area contributed by atoms with E-state index in [9.17, 15) is 15.2 Å². The topological polar surface area (TPSA) is 75.4 Å². The predicted molar refractivity (Wildman–Crippen MR) is 80.9 cm³/mol. The van der Waals surface area contributed by atoms with E-state index < -0.39 is 11.0 Å². The van der Waals surface area contributed by atoms with Crippen molar-refractivity contribution in [3.8, 4) is 0 Å². The molecule has 0 radical (unpaired) electrons. The number of aliphatic hydroxyl groups is 1. The number of hydrogen-bond donors (Lipinski definition) is 2. The molecule has 0 saturated carbocycles. The van der Waals surface area contributed by atoms with Gasteiger partial charge in [0, 0.05) is 24.7 Å². The van der Waals surface area contributed by atoms with E-state index in [4.69, 9.17) is 0 Å². The fourth-order valence-corrected chi connectivity index (χ4v) is 2.11. The first-order valence-corrected chi connectivity index (χ1v) is 6.78. The number of nitrogens with one attached hydrogen (secondary N) is 1. The van der Waals surface area contributed by atoms with Crippen LogP contribution >= 0.6 is 0 Å². The van der Waals surface area contributed by atoms with Crippen molar-refractivity contribution in [1.82, 2.24) is 5.32 Å². The zero-order chi connectivity index (χ0) is 15.2. The molecule has 5 heteroatoms. The van der Waals surface area contributed by atoms with E-state index in [1.54, 1.807) is 12.1 Å². The van der Waals surface area contributed by atoms with E-state index in [0.717, 1.165) is 5.56 Å². The summed E-state index contributed by atoms with van der Waals surface area (Å²) in [5.74, 6) is 0. The minimum atomic E-state index is -0.781. The van der Waals surface area contributed by atoms with E-state index in [0.29, 0.717) is 12.1 Å². The Morgan fingerprint density at radius 3 is 2.48 bits per heavy atom. The Labute approximate surface area is 123 Å². The molecule has 0 fully saturated rings. The third-order valence-electron chi connectivity index (χ3n) is 3.38. The summed E-state index contributed by atoms with van der Waals surface area (Å²) in [5.41, 5.74) is 1.66. The van der Waals surface area contributed by atoms with Crippen LogP contribution in [0.5, 0.6) is 0 Å². The first kappa shape index (κ1) is 15.2. The first-order valence-electron chi connectivity index (χ1n) is 6.78. The maximum atomic E-state index is 10.7. The Hall–Kier alpha value is -2.24. The second-order valence-electron chi connectivity index (χ2n) is 4.91. The molecular weight excluding hydrogens is 268 g/mol. The average molecular weight is 286 g/mol. The minimum absolute atomic E-state index is 0.0114. The summed E-state index contributed by atoms with van der Waals surface area (Å²) in [4.78, 5) is 10.3. The molecule has 0 amide bonds. The lowest BCUT2D eigenvalue weighted by molar-refractivity contribution is -0.385. The normalized spacial score (nSPS) is 13.6. The van der Waals surface area contributed by atoms with Gasteiger partial charge in [-0.15, -0.1) is 0 Å². The van der Waals surface area contributed by atoms with E-state index in [2.05, 4.69) is 5.32 Å². The van der Waals surface area contributed by atoms with Crippen LogP contribution < -0.4 is 5.32 Å². The van der Waals surface area contributed by atoms with Gasteiger partial charge in [0.2, 0.25) is 0 Å². The zero-order valence-corrected chi connectivity index (χ0v) is 11.8. The van der Waals surface area contributed by atoms with Crippen LogP contribution in [0.4, 0.5) is 5.69 Å². The van der Waals surface area contributed by atoms with Crippen molar-refractivity contribution < 1.29 is 10.0 Å². The third kappa shape index (κ3) is 4.11. The van der Waals surface area contributed by atoms with Crippen molar-refractivity contribution in [2.45, 2.75) is 19.1 Å². The van der Waals surface area contributed by atoms with Gasteiger partial charge in [0.15, 0.2) is 0 Å². The Bertz CT molecular complexity index is 601. The average Bonchev–Trinajstić information content (AvgIpc) is 2.53. The Kier molecular flexibility index (Phi) is 5.03. The van der Waals surface area contributed by atoms with Gasteiger partial charge in [-0.05, 0) is 18.1 Å². The van der Waals surface area contributed by atoms with E-state index >= 15 is 0 Å². The summed E-state index contributed by atoms with van der Waals surface area (Å²) in [5, 5.41) is 24.1. The van der Waals surface area contributed by atoms with E-state index in [1.807, 2.05) is 37.3 Å². The van der Waals surface area contributed by atoms with Crippen LogP contribution in [0.15, 0.2) is 54.6 Å². The molecular formula is C16H18N2O3. The number of benzene rings is 2. The van der Waals surface area contributed by atoms with Crippen molar-refractivity contribution in [2.75, 3.05) is 6.54 Å². The molecule has 2 aromatic carbocycles. The molecule has 110 valence electrons. The van der Waals surface area contributed by atoms with Crippen LogP contribution in [-0.4, -0.2) is 16.6 Å². The van der Waals surface area contributed by atoms with E-state index in [-0.39, 0.29) is 11.7 Å². The largest absolute Gasteiger partial charge is 0.387 e. The number of nitrogens with zero attached hydrogens (tertiary/aromatic N) is 1. The number of nitro groups is 1.